The SMILES string of the molecule is CCCNC(C)c1nc(Cc2cc(C)cc(C)c2)no1. The molecule has 1 aromatic heterocycles. The summed E-state index contributed by atoms with van der Waals surface area (Å²) in [6, 6.07) is 6.61. The number of aromatic nitrogens is 2. The zero-order chi connectivity index (χ0) is 14.5. The zero-order valence-electron chi connectivity index (χ0n) is 12.7. The highest BCUT2D eigenvalue weighted by atomic mass is 16.5. The fourth-order valence-corrected chi connectivity index (χ4v) is 2.32. The Labute approximate surface area is 120 Å². The van der Waals surface area contributed by atoms with E-state index < -0.39 is 0 Å². The number of nitrogens with zero attached hydrogens (tertiary/aromatic N) is 2. The highest BCUT2D eigenvalue weighted by molar-refractivity contribution is 5.30. The molecule has 20 heavy (non-hydrogen) atoms. The van der Waals surface area contributed by atoms with Crippen LogP contribution in [0.2, 0.25) is 0 Å². The molecular weight excluding hydrogens is 250 g/mol. The normalized spacial score (nSPS) is 12.6. The Balaban J connectivity index is 2.05. The Morgan fingerprint density at radius 2 is 1.90 bits per heavy atom. The molecule has 1 atom stereocenters. The Hall–Kier alpha value is -1.68. The molecule has 4 nitrogen and oxygen atoms in total. The first-order valence-corrected chi connectivity index (χ1v) is 7.21. The molecule has 0 aliphatic carbocycles. The molecule has 0 amide bonds. The number of rotatable bonds is 6. The van der Waals surface area contributed by atoms with E-state index in [0.29, 0.717) is 12.3 Å². The van der Waals surface area contributed by atoms with Crippen molar-refractivity contribution in [3.63, 3.8) is 0 Å². The number of hydrogen-bond acceptors (Lipinski definition) is 4. The second-order valence-corrected chi connectivity index (χ2v) is 5.40. The molecule has 2 aromatic rings. The van der Waals surface area contributed by atoms with Crippen LogP contribution in [0, 0.1) is 13.8 Å². The van der Waals surface area contributed by atoms with E-state index in [1.165, 1.54) is 16.7 Å². The minimum absolute atomic E-state index is 0.107. The van der Waals surface area contributed by atoms with Crippen molar-refractivity contribution in [3.8, 4) is 0 Å². The molecule has 0 spiro atoms. The molecular formula is C16H23N3O. The molecule has 1 unspecified atom stereocenters. The van der Waals surface area contributed by atoms with Gasteiger partial charge in [0.05, 0.1) is 6.04 Å². The molecule has 0 aliphatic heterocycles. The van der Waals surface area contributed by atoms with Crippen molar-refractivity contribution in [1.29, 1.82) is 0 Å². The molecule has 0 saturated heterocycles. The van der Waals surface area contributed by atoms with Gasteiger partial charge in [-0.2, -0.15) is 4.98 Å². The van der Waals surface area contributed by atoms with Gasteiger partial charge in [0, 0.05) is 6.42 Å². The van der Waals surface area contributed by atoms with Gasteiger partial charge in [-0.3, -0.25) is 0 Å². The third-order valence-electron chi connectivity index (χ3n) is 3.20. The van der Waals surface area contributed by atoms with Gasteiger partial charge < -0.3 is 9.84 Å². The van der Waals surface area contributed by atoms with E-state index in [-0.39, 0.29) is 6.04 Å². The first-order valence-electron chi connectivity index (χ1n) is 7.21. The van der Waals surface area contributed by atoms with Gasteiger partial charge in [-0.1, -0.05) is 41.4 Å². The van der Waals surface area contributed by atoms with Gasteiger partial charge >= 0.3 is 0 Å². The second kappa shape index (κ2) is 6.66. The van der Waals surface area contributed by atoms with Crippen LogP contribution in [0.15, 0.2) is 22.7 Å². The first-order chi connectivity index (χ1) is 9.58. The molecule has 0 radical (unpaired) electrons. The van der Waals surface area contributed by atoms with Crippen LogP contribution in [-0.2, 0) is 6.42 Å². The highest BCUT2D eigenvalue weighted by Gasteiger charge is 2.13. The molecule has 0 fully saturated rings. The Morgan fingerprint density at radius 3 is 2.55 bits per heavy atom. The van der Waals surface area contributed by atoms with Crippen molar-refractivity contribution >= 4 is 0 Å². The lowest BCUT2D eigenvalue weighted by atomic mass is 10.1. The van der Waals surface area contributed by atoms with Gasteiger partial charge in [0.15, 0.2) is 5.82 Å². The molecule has 2 rings (SSSR count). The molecule has 1 aromatic carbocycles. The van der Waals surface area contributed by atoms with Crippen molar-refractivity contribution in [3.05, 3.63) is 46.6 Å². The Morgan fingerprint density at radius 1 is 1.20 bits per heavy atom. The van der Waals surface area contributed by atoms with Gasteiger partial charge in [0.25, 0.3) is 0 Å². The molecule has 1 heterocycles. The number of nitrogens with one attached hydrogen (secondary N) is 1. The highest BCUT2D eigenvalue weighted by Crippen LogP contribution is 2.14. The van der Waals surface area contributed by atoms with Crippen molar-refractivity contribution in [2.75, 3.05) is 6.54 Å². The summed E-state index contributed by atoms with van der Waals surface area (Å²) in [6.45, 7) is 9.35. The summed E-state index contributed by atoms with van der Waals surface area (Å²) in [4.78, 5) is 4.48. The van der Waals surface area contributed by atoms with Gasteiger partial charge in [-0.05, 0) is 39.3 Å². The lowest BCUT2D eigenvalue weighted by molar-refractivity contribution is 0.337. The Bertz CT molecular complexity index is 542. The van der Waals surface area contributed by atoms with Crippen LogP contribution in [-0.4, -0.2) is 16.7 Å². The van der Waals surface area contributed by atoms with Crippen LogP contribution in [0.25, 0.3) is 0 Å². The lowest BCUT2D eigenvalue weighted by Crippen LogP contribution is -2.19. The average molecular weight is 273 g/mol. The molecule has 0 aliphatic rings. The molecule has 4 heteroatoms. The topological polar surface area (TPSA) is 51.0 Å². The van der Waals surface area contributed by atoms with Crippen molar-refractivity contribution in [1.82, 2.24) is 15.5 Å². The molecule has 108 valence electrons. The minimum Gasteiger partial charge on any atom is -0.338 e. The smallest absolute Gasteiger partial charge is 0.243 e. The van der Waals surface area contributed by atoms with E-state index in [4.69, 9.17) is 4.52 Å². The monoisotopic (exact) mass is 273 g/mol. The van der Waals surface area contributed by atoms with Gasteiger partial charge in [0.1, 0.15) is 0 Å². The summed E-state index contributed by atoms with van der Waals surface area (Å²) in [5.41, 5.74) is 3.76. The van der Waals surface area contributed by atoms with E-state index in [2.05, 4.69) is 54.4 Å². The maximum Gasteiger partial charge on any atom is 0.243 e. The third kappa shape index (κ3) is 3.90. The summed E-state index contributed by atoms with van der Waals surface area (Å²) >= 11 is 0. The quantitative estimate of drug-likeness (QED) is 0.877. The van der Waals surface area contributed by atoms with Gasteiger partial charge in [0.2, 0.25) is 5.89 Å². The number of hydrogen-bond donors (Lipinski definition) is 1. The van der Waals surface area contributed by atoms with E-state index in [1.807, 2.05) is 6.92 Å². The summed E-state index contributed by atoms with van der Waals surface area (Å²) < 4.78 is 5.33. The van der Waals surface area contributed by atoms with Crippen molar-refractivity contribution in [2.24, 2.45) is 0 Å². The van der Waals surface area contributed by atoms with E-state index in [9.17, 15) is 0 Å². The molecule has 0 saturated carbocycles. The fourth-order valence-electron chi connectivity index (χ4n) is 2.32. The molecule has 1 N–H and O–H groups in total. The van der Waals surface area contributed by atoms with Crippen LogP contribution in [0.5, 0.6) is 0 Å². The largest absolute Gasteiger partial charge is 0.338 e. The Kier molecular flexibility index (Phi) is 4.90. The van der Waals surface area contributed by atoms with Crippen LogP contribution < -0.4 is 5.32 Å². The zero-order valence-corrected chi connectivity index (χ0v) is 12.7. The average Bonchev–Trinajstić information content (AvgIpc) is 2.83. The maximum atomic E-state index is 5.33. The van der Waals surface area contributed by atoms with Crippen LogP contribution in [0.3, 0.4) is 0 Å². The summed E-state index contributed by atoms with van der Waals surface area (Å²) in [7, 11) is 0. The fraction of sp³-hybridized carbons (Fsp3) is 0.500. The van der Waals surface area contributed by atoms with Gasteiger partial charge in [-0.15, -0.1) is 0 Å². The van der Waals surface area contributed by atoms with Crippen molar-refractivity contribution in [2.45, 2.75) is 46.6 Å². The van der Waals surface area contributed by atoms with Gasteiger partial charge in [-0.25, -0.2) is 0 Å². The second-order valence-electron chi connectivity index (χ2n) is 5.40. The predicted molar refractivity (Wildman–Crippen MR) is 79.7 cm³/mol. The van der Waals surface area contributed by atoms with Crippen LogP contribution in [0.1, 0.15) is 54.7 Å². The predicted octanol–water partition coefficient (Wildman–Crippen LogP) is 3.34. The molecule has 0 bridgehead atoms. The van der Waals surface area contributed by atoms with E-state index in [0.717, 1.165) is 18.8 Å². The number of benzene rings is 1. The van der Waals surface area contributed by atoms with E-state index in [1.54, 1.807) is 0 Å². The van der Waals surface area contributed by atoms with Crippen LogP contribution in [0.4, 0.5) is 0 Å². The first kappa shape index (κ1) is 14.7. The maximum absolute atomic E-state index is 5.33. The minimum atomic E-state index is 0.107. The summed E-state index contributed by atoms with van der Waals surface area (Å²) in [6.07, 6.45) is 1.81. The van der Waals surface area contributed by atoms with E-state index >= 15 is 0 Å². The van der Waals surface area contributed by atoms with Crippen molar-refractivity contribution < 1.29 is 4.52 Å². The third-order valence-corrected chi connectivity index (χ3v) is 3.20. The van der Waals surface area contributed by atoms with Crippen LogP contribution >= 0.6 is 0 Å². The summed E-state index contributed by atoms with van der Waals surface area (Å²) in [5.74, 6) is 1.41. The number of aryl methyl sites for hydroxylation is 2. The standard InChI is InChI=1S/C16H23N3O/c1-5-6-17-13(4)16-18-15(19-20-16)10-14-8-11(2)7-12(3)9-14/h7-9,13,17H,5-6,10H2,1-4H3. The lowest BCUT2D eigenvalue weighted by Gasteiger charge is -2.06. The summed E-state index contributed by atoms with van der Waals surface area (Å²) in [5, 5.41) is 7.42.